The SMILES string of the molecule is COc1ccc(C)cc1NC(=S)NNC(=O)[C@@H](C)Oc1ccccc1OC. The Labute approximate surface area is 164 Å². The highest BCUT2D eigenvalue weighted by molar-refractivity contribution is 7.80. The summed E-state index contributed by atoms with van der Waals surface area (Å²) in [6.45, 7) is 3.59. The van der Waals surface area contributed by atoms with Crippen molar-refractivity contribution in [3.05, 3.63) is 48.0 Å². The van der Waals surface area contributed by atoms with Crippen LogP contribution in [0.2, 0.25) is 0 Å². The van der Waals surface area contributed by atoms with Gasteiger partial charge >= 0.3 is 0 Å². The molecule has 0 spiro atoms. The highest BCUT2D eigenvalue weighted by Crippen LogP contribution is 2.27. The van der Waals surface area contributed by atoms with E-state index in [0.29, 0.717) is 22.9 Å². The molecule has 0 saturated carbocycles. The standard InChI is InChI=1S/C19H23N3O4S/c1-12-9-10-15(24-3)14(11-12)20-19(27)22-21-18(23)13(2)26-17-8-6-5-7-16(17)25-4/h5-11,13H,1-4H3,(H,21,23)(H2,20,22,27)/t13-/m1/s1. The Kier molecular flexibility index (Phi) is 7.25. The van der Waals surface area contributed by atoms with Crippen LogP contribution in [0.4, 0.5) is 5.69 Å². The lowest BCUT2D eigenvalue weighted by Crippen LogP contribution is -2.48. The van der Waals surface area contributed by atoms with Crippen molar-refractivity contribution in [3.8, 4) is 17.2 Å². The molecule has 0 aliphatic rings. The van der Waals surface area contributed by atoms with Crippen molar-refractivity contribution in [2.75, 3.05) is 19.5 Å². The van der Waals surface area contributed by atoms with E-state index >= 15 is 0 Å². The van der Waals surface area contributed by atoms with Crippen LogP contribution in [-0.4, -0.2) is 31.3 Å². The molecule has 144 valence electrons. The number of carbonyl (C=O) groups excluding carboxylic acids is 1. The lowest BCUT2D eigenvalue weighted by atomic mass is 10.2. The molecule has 0 radical (unpaired) electrons. The van der Waals surface area contributed by atoms with Gasteiger partial charge in [0, 0.05) is 0 Å². The molecular weight excluding hydrogens is 366 g/mol. The monoisotopic (exact) mass is 389 g/mol. The van der Waals surface area contributed by atoms with Crippen LogP contribution in [0.1, 0.15) is 12.5 Å². The number of anilines is 1. The summed E-state index contributed by atoms with van der Waals surface area (Å²) in [7, 11) is 3.11. The Hall–Kier alpha value is -3.00. The number of ether oxygens (including phenoxy) is 3. The number of nitrogens with one attached hydrogen (secondary N) is 3. The maximum atomic E-state index is 12.2. The van der Waals surface area contributed by atoms with Crippen molar-refractivity contribution in [2.45, 2.75) is 20.0 Å². The van der Waals surface area contributed by atoms with E-state index in [2.05, 4.69) is 16.2 Å². The summed E-state index contributed by atoms with van der Waals surface area (Å²) in [5.74, 6) is 1.28. The maximum absolute atomic E-state index is 12.2. The molecule has 0 aromatic heterocycles. The Bertz CT molecular complexity index is 813. The molecule has 2 aromatic carbocycles. The molecule has 2 rings (SSSR count). The second kappa shape index (κ2) is 9.63. The number of hydrazine groups is 1. The second-order valence-electron chi connectivity index (χ2n) is 5.68. The average Bonchev–Trinajstić information content (AvgIpc) is 2.66. The summed E-state index contributed by atoms with van der Waals surface area (Å²) in [4.78, 5) is 12.2. The number of para-hydroxylation sites is 2. The minimum absolute atomic E-state index is 0.219. The van der Waals surface area contributed by atoms with E-state index in [0.717, 1.165) is 5.56 Å². The molecule has 2 aromatic rings. The summed E-state index contributed by atoms with van der Waals surface area (Å²) in [6.07, 6.45) is -0.759. The van der Waals surface area contributed by atoms with Gasteiger partial charge in [0.2, 0.25) is 0 Å². The van der Waals surface area contributed by atoms with Gasteiger partial charge in [-0.25, -0.2) is 0 Å². The number of rotatable bonds is 6. The first kappa shape index (κ1) is 20.3. The van der Waals surface area contributed by atoms with Crippen molar-refractivity contribution in [1.82, 2.24) is 10.9 Å². The van der Waals surface area contributed by atoms with Gasteiger partial charge in [-0.15, -0.1) is 0 Å². The summed E-state index contributed by atoms with van der Waals surface area (Å²) in [6, 6.07) is 12.8. The molecule has 0 saturated heterocycles. The lowest BCUT2D eigenvalue weighted by molar-refractivity contribution is -0.127. The minimum atomic E-state index is -0.759. The van der Waals surface area contributed by atoms with E-state index in [1.807, 2.05) is 31.2 Å². The number of thiocarbonyl (C=S) groups is 1. The van der Waals surface area contributed by atoms with Crippen LogP contribution in [-0.2, 0) is 4.79 Å². The van der Waals surface area contributed by atoms with Gasteiger partial charge in [-0.05, 0) is 55.9 Å². The first-order valence-electron chi connectivity index (χ1n) is 8.25. The van der Waals surface area contributed by atoms with Crippen LogP contribution >= 0.6 is 12.2 Å². The molecule has 0 heterocycles. The van der Waals surface area contributed by atoms with Crippen LogP contribution in [0.25, 0.3) is 0 Å². The molecule has 0 fully saturated rings. The molecule has 3 N–H and O–H groups in total. The predicted octanol–water partition coefficient (Wildman–Crippen LogP) is 2.80. The average molecular weight is 389 g/mol. The molecule has 1 atom stereocenters. The fourth-order valence-electron chi connectivity index (χ4n) is 2.25. The zero-order chi connectivity index (χ0) is 19.8. The van der Waals surface area contributed by atoms with Gasteiger partial charge < -0.3 is 19.5 Å². The van der Waals surface area contributed by atoms with Crippen LogP contribution < -0.4 is 30.4 Å². The molecule has 27 heavy (non-hydrogen) atoms. The third-order valence-corrected chi connectivity index (χ3v) is 3.85. The van der Waals surface area contributed by atoms with Crippen molar-refractivity contribution in [2.24, 2.45) is 0 Å². The van der Waals surface area contributed by atoms with Crippen molar-refractivity contribution >= 4 is 28.9 Å². The van der Waals surface area contributed by atoms with E-state index in [1.54, 1.807) is 32.2 Å². The van der Waals surface area contributed by atoms with Gasteiger partial charge in [0.15, 0.2) is 22.7 Å². The second-order valence-corrected chi connectivity index (χ2v) is 6.09. The van der Waals surface area contributed by atoms with Gasteiger partial charge in [0.05, 0.1) is 19.9 Å². The predicted molar refractivity (Wildman–Crippen MR) is 108 cm³/mol. The highest BCUT2D eigenvalue weighted by atomic mass is 32.1. The molecule has 8 heteroatoms. The molecule has 0 aliphatic heterocycles. The van der Waals surface area contributed by atoms with Crippen LogP contribution in [0.3, 0.4) is 0 Å². The van der Waals surface area contributed by atoms with E-state index in [9.17, 15) is 4.79 Å². The number of methoxy groups -OCH3 is 2. The van der Waals surface area contributed by atoms with Crippen molar-refractivity contribution < 1.29 is 19.0 Å². The Morgan fingerprint density at radius 1 is 1.00 bits per heavy atom. The highest BCUT2D eigenvalue weighted by Gasteiger charge is 2.17. The third kappa shape index (κ3) is 5.75. The van der Waals surface area contributed by atoms with E-state index < -0.39 is 6.10 Å². The van der Waals surface area contributed by atoms with Crippen LogP contribution in [0.5, 0.6) is 17.2 Å². The summed E-state index contributed by atoms with van der Waals surface area (Å²) >= 11 is 5.21. The van der Waals surface area contributed by atoms with E-state index in [1.165, 1.54) is 7.11 Å². The van der Waals surface area contributed by atoms with Gasteiger partial charge in [0.25, 0.3) is 5.91 Å². The van der Waals surface area contributed by atoms with Crippen LogP contribution in [0, 0.1) is 6.92 Å². The van der Waals surface area contributed by atoms with Gasteiger partial charge in [-0.2, -0.15) is 0 Å². The van der Waals surface area contributed by atoms with E-state index in [4.69, 9.17) is 26.4 Å². The van der Waals surface area contributed by atoms with Gasteiger partial charge in [-0.3, -0.25) is 15.6 Å². The summed E-state index contributed by atoms with van der Waals surface area (Å²) in [5.41, 5.74) is 6.91. The number of benzene rings is 2. The number of hydrogen-bond donors (Lipinski definition) is 3. The Morgan fingerprint density at radius 2 is 1.67 bits per heavy atom. The first-order valence-corrected chi connectivity index (χ1v) is 8.66. The number of hydrogen-bond acceptors (Lipinski definition) is 5. The molecule has 7 nitrogen and oxygen atoms in total. The molecule has 1 amide bonds. The van der Waals surface area contributed by atoms with Crippen molar-refractivity contribution in [3.63, 3.8) is 0 Å². The quantitative estimate of drug-likeness (QED) is 0.518. The Balaban J connectivity index is 1.89. The normalized spacial score (nSPS) is 11.1. The lowest BCUT2D eigenvalue weighted by Gasteiger charge is -2.18. The fourth-order valence-corrected chi connectivity index (χ4v) is 2.41. The Morgan fingerprint density at radius 3 is 2.33 bits per heavy atom. The zero-order valence-corrected chi connectivity index (χ0v) is 16.5. The smallest absolute Gasteiger partial charge is 0.279 e. The third-order valence-electron chi connectivity index (χ3n) is 3.64. The van der Waals surface area contributed by atoms with E-state index in [-0.39, 0.29) is 11.0 Å². The van der Waals surface area contributed by atoms with Crippen LogP contribution in [0.15, 0.2) is 42.5 Å². The summed E-state index contributed by atoms with van der Waals surface area (Å²) < 4.78 is 16.1. The number of carbonyl (C=O) groups is 1. The fraction of sp³-hybridized carbons (Fsp3) is 0.263. The zero-order valence-electron chi connectivity index (χ0n) is 15.7. The molecule has 0 unspecified atom stereocenters. The minimum Gasteiger partial charge on any atom is -0.495 e. The topological polar surface area (TPSA) is 80.9 Å². The molecule has 0 aliphatic carbocycles. The van der Waals surface area contributed by atoms with Gasteiger partial charge in [-0.1, -0.05) is 18.2 Å². The number of aryl methyl sites for hydroxylation is 1. The van der Waals surface area contributed by atoms with Gasteiger partial charge in [0.1, 0.15) is 5.75 Å². The number of amides is 1. The van der Waals surface area contributed by atoms with Crippen molar-refractivity contribution in [1.29, 1.82) is 0 Å². The summed E-state index contributed by atoms with van der Waals surface area (Å²) in [5, 5.41) is 3.20. The first-order chi connectivity index (χ1) is 12.9. The maximum Gasteiger partial charge on any atom is 0.279 e. The molecule has 0 bridgehead atoms. The largest absolute Gasteiger partial charge is 0.495 e. The molecular formula is C19H23N3O4S.